The van der Waals surface area contributed by atoms with Gasteiger partial charge in [-0.25, -0.2) is 33.8 Å². The Morgan fingerprint density at radius 3 is 0.826 bits per heavy atom. The lowest BCUT2D eigenvalue weighted by Crippen LogP contribution is -2.45. The van der Waals surface area contributed by atoms with Crippen LogP contribution >= 0.6 is 72.4 Å². The number of carbonyl (C=O) groups is 10. The minimum absolute atomic E-state index is 0. The SMILES string of the molecule is Br.CC(C)(C)OC(=O)N[C@@H](Cc1ccc([N+](=O)[O-])cc1)C(=O)C=[N+]=[N-].CC(C)(C)OC(=O)N[C@@H](Cc1ccc([N+](=O)[O-])cc1)C(=O)C=[N+]=[N-].CC(C)(C)OC(=O)N[C@@H](Cc1ccc([N+](=O)[O-])cc1)C(=O)CBr.CC(C)(C)OC(=O)N[C@@H](Cc1ccc([N+](=O)[O-])cc1)C(=O)CBr.CC(C)(C)OC(=O)N[C@@H](Cc1ccc([N+](=O)[O-])cc1)C(=O)O.NC(=S)c1ccccc1.N[C@@H](Cc1ccc([N+](=O)[O-])cc1)c1csc(-c2ccccc2)n1. The number of hydrogen-bond acceptors (Lipinski definition) is 31. The molecule has 149 heavy (non-hydrogen) atoms. The van der Waals surface area contributed by atoms with Crippen molar-refractivity contribution < 1.29 is 116 Å². The van der Waals surface area contributed by atoms with Crippen molar-refractivity contribution in [3.8, 4) is 10.6 Å². The fourth-order valence-corrected chi connectivity index (χ4v) is 13.5. The van der Waals surface area contributed by atoms with E-state index < -0.39 is 136 Å². The van der Waals surface area contributed by atoms with Crippen LogP contribution in [0.1, 0.15) is 155 Å². The van der Waals surface area contributed by atoms with E-state index in [4.69, 9.17) is 63.5 Å². The molecule has 5 amide bonds. The monoisotopic (exact) mass is 2290 g/mol. The highest BCUT2D eigenvalue weighted by atomic mass is 79.9. The van der Waals surface area contributed by atoms with Crippen molar-refractivity contribution >= 4 is 184 Å². The molecule has 798 valence electrons. The molecule has 0 fully saturated rings. The normalized spacial score (nSPS) is 11.8. The van der Waals surface area contributed by atoms with Crippen molar-refractivity contribution in [3.05, 3.63) is 328 Å². The summed E-state index contributed by atoms with van der Waals surface area (Å²) in [5.74, 6) is -2.92. The number of nitro benzene ring substituents is 6. The molecule has 0 saturated carbocycles. The van der Waals surface area contributed by atoms with E-state index in [-0.39, 0.29) is 111 Å². The van der Waals surface area contributed by atoms with Gasteiger partial charge in [-0.3, -0.25) is 79.9 Å². The molecule has 51 heteroatoms. The first-order chi connectivity index (χ1) is 69.0. The van der Waals surface area contributed by atoms with Crippen molar-refractivity contribution in [3.63, 3.8) is 0 Å². The second-order valence-electron chi connectivity index (χ2n) is 36.4. The number of carbonyl (C=O) groups excluding carboxylic acids is 9. The Hall–Kier alpha value is -15.7. The number of aliphatic carboxylic acids is 1. The van der Waals surface area contributed by atoms with Crippen LogP contribution in [-0.2, 0) is 86.2 Å². The van der Waals surface area contributed by atoms with Crippen LogP contribution in [0.25, 0.3) is 21.6 Å². The number of nitro groups is 6. The van der Waals surface area contributed by atoms with E-state index in [0.29, 0.717) is 51.7 Å². The molecule has 9 aromatic rings. The largest absolute Gasteiger partial charge is 0.480 e. The second-order valence-corrected chi connectivity index (χ2v) is 38.8. The molecule has 8 aromatic carbocycles. The van der Waals surface area contributed by atoms with Crippen molar-refractivity contribution in [1.29, 1.82) is 0 Å². The van der Waals surface area contributed by atoms with Gasteiger partial charge in [0.25, 0.3) is 45.7 Å². The number of nitrogens with one attached hydrogen (secondary N) is 5. The number of non-ortho nitro benzene ring substituents is 6. The van der Waals surface area contributed by atoms with E-state index in [1.54, 1.807) is 152 Å². The smallest absolute Gasteiger partial charge is 0.408 e. The first kappa shape index (κ1) is 129. The zero-order valence-electron chi connectivity index (χ0n) is 83.5. The predicted octanol–water partition coefficient (Wildman–Crippen LogP) is 17.8. The third-order valence-corrected chi connectivity index (χ3v) is 20.6. The number of ketones is 4. The average molecular weight is 2300 g/mol. The molecule has 0 aliphatic rings. The van der Waals surface area contributed by atoms with Crippen LogP contribution in [0.2, 0.25) is 0 Å². The lowest BCUT2D eigenvalue weighted by molar-refractivity contribution is -0.385. The molecule has 0 aliphatic carbocycles. The van der Waals surface area contributed by atoms with Crippen LogP contribution in [0.15, 0.2) is 212 Å². The minimum Gasteiger partial charge on any atom is -0.480 e. The molecular weight excluding hydrogens is 2180 g/mol. The molecule has 9 rings (SSSR count). The number of carboxylic acids is 1. The number of amides is 5. The quantitative estimate of drug-likeness (QED) is 0.00267. The zero-order chi connectivity index (χ0) is 112. The van der Waals surface area contributed by atoms with Crippen molar-refractivity contribution in [2.24, 2.45) is 11.5 Å². The van der Waals surface area contributed by atoms with E-state index in [1.165, 1.54) is 109 Å². The van der Waals surface area contributed by atoms with E-state index in [0.717, 1.165) is 27.4 Å². The van der Waals surface area contributed by atoms with Crippen LogP contribution in [0.3, 0.4) is 0 Å². The summed E-state index contributed by atoms with van der Waals surface area (Å²) >= 11 is 12.5. The maximum atomic E-state index is 12.0. The fraction of sp³-hybridized carbons (Fsp3) is 0.347. The summed E-state index contributed by atoms with van der Waals surface area (Å²) < 4.78 is 25.5. The van der Waals surface area contributed by atoms with Gasteiger partial charge in [0.1, 0.15) is 56.1 Å². The first-order valence-electron chi connectivity index (χ1n) is 44.3. The lowest BCUT2D eigenvalue weighted by atomic mass is 10.0. The van der Waals surface area contributed by atoms with Gasteiger partial charge in [0.2, 0.25) is 0 Å². The summed E-state index contributed by atoms with van der Waals surface area (Å²) in [6.07, 6.45) is -1.29. The third kappa shape index (κ3) is 53.8. The molecule has 0 radical (unpaired) electrons. The van der Waals surface area contributed by atoms with Gasteiger partial charge < -0.3 is 77.9 Å². The maximum absolute atomic E-state index is 12.0. The predicted molar refractivity (Wildman–Crippen MR) is 568 cm³/mol. The summed E-state index contributed by atoms with van der Waals surface area (Å²) in [6, 6.07) is 49.2. The number of nitrogens with two attached hydrogens (primary N) is 2. The highest BCUT2D eigenvalue weighted by molar-refractivity contribution is 9.09. The van der Waals surface area contributed by atoms with E-state index in [9.17, 15) is 109 Å². The van der Waals surface area contributed by atoms with Gasteiger partial charge in [0.05, 0.1) is 64.0 Å². The standard InChI is InChI=1S/C17H15N3O2S.2C15H19BrN2O5.2C15H18N4O5.C14H18N2O6.C7H7NS.BrH/c18-15(10-12-6-8-14(9-7-12)20(21)22)16-11-23-17(19-16)13-4-2-1-3-5-13;2*1-15(2,3)23-14(20)17-12(13(19)9-16)8-10-4-6-11(7-5-10)18(21)22;2*1-15(2,3)24-14(21)18-12(13(20)9-17-16)8-10-4-6-11(7-5-10)19(22)23;1-14(2,3)22-13(19)15-11(12(17)18)8-9-4-6-10(7-5-9)16(20)21;8-7(9)6-4-2-1-3-5-6;/h1-9,11,15H,10,18H2;2*4-7,12H,8-9H2,1-3H3,(H,17,20);2*4-7,9,12H,8H2,1-3H3,(H,18,21);4-7,11H,8H2,1-3H3,(H,15,19)(H,17,18);1-5H,(H2,8,9);1H/t15-;4*12-;11-;;/m000000../s1. The number of thiocarbonyl (C=S) groups is 1. The number of Topliss-reactive ketones (excluding diaryl/α,β-unsaturated/α-hetero) is 4. The molecule has 1 heterocycles. The zero-order valence-corrected chi connectivity index (χ0v) is 90.0. The second kappa shape index (κ2) is 63.0. The summed E-state index contributed by atoms with van der Waals surface area (Å²) in [5, 5.41) is 88.1. The van der Waals surface area contributed by atoms with Gasteiger partial charge in [-0.05, 0) is 156 Å². The Balaban J connectivity index is 0.000000593. The molecule has 0 unspecified atom stereocenters. The number of nitrogens with zero attached hydrogens (tertiary/aromatic N) is 11. The first-order valence-corrected chi connectivity index (χ1v) is 47.9. The molecule has 0 aliphatic heterocycles. The molecule has 1 aromatic heterocycles. The Bertz CT molecular complexity index is 5910. The number of alkyl carbamates (subject to hydrolysis) is 5. The number of rotatable bonds is 35. The Labute approximate surface area is 892 Å². The molecule has 0 bridgehead atoms. The number of aromatic nitrogens is 1. The number of thiazole rings is 1. The molecule has 0 saturated heterocycles. The molecular formula is C98H115Br3N18O28S2. The molecule has 6 atom stereocenters. The van der Waals surface area contributed by atoms with E-state index >= 15 is 0 Å². The van der Waals surface area contributed by atoms with Crippen LogP contribution in [-0.4, -0.2) is 195 Å². The number of halogens is 3. The average Bonchev–Trinajstić information content (AvgIpc) is 1.58. The van der Waals surface area contributed by atoms with Crippen LogP contribution in [0.4, 0.5) is 58.1 Å². The van der Waals surface area contributed by atoms with E-state index in [2.05, 4.69) is 73.0 Å². The van der Waals surface area contributed by atoms with Crippen molar-refractivity contribution in [2.45, 2.75) is 207 Å². The van der Waals surface area contributed by atoms with E-state index in [1.807, 2.05) is 66.0 Å². The highest BCUT2D eigenvalue weighted by Crippen LogP contribution is 2.29. The molecule has 46 nitrogen and oxygen atoms in total. The van der Waals surface area contributed by atoms with Gasteiger partial charge in [-0.2, -0.15) is 9.58 Å². The van der Waals surface area contributed by atoms with Gasteiger partial charge in [0.15, 0.2) is 11.6 Å². The third-order valence-electron chi connectivity index (χ3n) is 18.4. The van der Waals surface area contributed by atoms with Gasteiger partial charge >= 0.3 is 48.9 Å². The van der Waals surface area contributed by atoms with Crippen LogP contribution < -0.4 is 38.1 Å². The molecule has 10 N–H and O–H groups in total. The fourth-order valence-electron chi connectivity index (χ4n) is 11.7. The number of benzene rings is 8. The lowest BCUT2D eigenvalue weighted by Gasteiger charge is -2.23. The van der Waals surface area contributed by atoms with Crippen LogP contribution in [0.5, 0.6) is 0 Å². The van der Waals surface area contributed by atoms with Crippen molar-refractivity contribution in [1.82, 2.24) is 31.6 Å². The Kier molecular flexibility index (Phi) is 54.7. The van der Waals surface area contributed by atoms with Gasteiger partial charge in [-0.1, -0.05) is 178 Å². The van der Waals surface area contributed by atoms with Gasteiger partial charge in [-0.15, -0.1) is 28.3 Å². The Morgan fingerprint density at radius 2 is 0.611 bits per heavy atom. The minimum atomic E-state index is -1.22. The topological polar surface area (TPSA) is 694 Å². The van der Waals surface area contributed by atoms with Crippen molar-refractivity contribution in [2.75, 3.05) is 10.7 Å². The number of alkyl halides is 2. The maximum Gasteiger partial charge on any atom is 0.408 e. The Morgan fingerprint density at radius 1 is 0.389 bits per heavy atom. The summed E-state index contributed by atoms with van der Waals surface area (Å²) in [4.78, 5) is 189. The number of carboxylic acid groups (broad SMARTS) is 1. The number of ether oxygens (including phenoxy) is 5. The van der Waals surface area contributed by atoms with Crippen LogP contribution in [0, 0.1) is 60.7 Å². The summed E-state index contributed by atoms with van der Waals surface area (Å²) in [5.41, 5.74) is 31.7. The molecule has 0 spiro atoms. The highest BCUT2D eigenvalue weighted by Gasteiger charge is 2.32. The summed E-state index contributed by atoms with van der Waals surface area (Å²) in [7, 11) is 0. The van der Waals surface area contributed by atoms with Gasteiger partial charge in [0, 0.05) is 109 Å². The number of hydrogen-bond donors (Lipinski definition) is 8. The summed E-state index contributed by atoms with van der Waals surface area (Å²) in [6.45, 7) is 25.4.